The highest BCUT2D eigenvalue weighted by molar-refractivity contribution is 6.34. The molecule has 0 saturated heterocycles. The van der Waals surface area contributed by atoms with Crippen LogP contribution < -0.4 is 0 Å². The number of fused-ring (bicyclic) bond motifs is 1. The van der Waals surface area contributed by atoms with Gasteiger partial charge in [-0.2, -0.15) is 0 Å². The summed E-state index contributed by atoms with van der Waals surface area (Å²) in [6, 6.07) is 7.69. The van der Waals surface area contributed by atoms with E-state index in [1.54, 1.807) is 18.1 Å². The second kappa shape index (κ2) is 4.94. The highest BCUT2D eigenvalue weighted by atomic mass is 35.5. The lowest BCUT2D eigenvalue weighted by Gasteiger charge is -2.22. The molecule has 0 atom stereocenters. The summed E-state index contributed by atoms with van der Waals surface area (Å²) in [6.07, 6.45) is 1.55. The minimum atomic E-state index is -0.0367. The Kier molecular flexibility index (Phi) is 3.53. The fourth-order valence-electron chi connectivity index (χ4n) is 1.75. The lowest BCUT2D eigenvalue weighted by molar-refractivity contribution is 0.0756. The Bertz CT molecular complexity index is 595. The molecule has 0 aliphatic carbocycles. The van der Waals surface area contributed by atoms with Gasteiger partial charge in [0, 0.05) is 24.7 Å². The SMILES string of the molecule is CC(C)N(C)C(=O)c1cnc(Cl)c2ccccc12. The standard InChI is InChI=1S/C14H15ClN2O/c1-9(2)17(3)14(18)12-8-16-13(15)11-7-5-4-6-10(11)12/h4-9H,1-3H3. The van der Waals surface area contributed by atoms with Gasteiger partial charge in [-0.25, -0.2) is 4.98 Å². The number of hydrogen-bond acceptors (Lipinski definition) is 2. The summed E-state index contributed by atoms with van der Waals surface area (Å²) >= 11 is 6.04. The van der Waals surface area contributed by atoms with Gasteiger partial charge in [-0.3, -0.25) is 4.79 Å². The minimum Gasteiger partial charge on any atom is -0.339 e. The Morgan fingerprint density at radius 1 is 1.28 bits per heavy atom. The van der Waals surface area contributed by atoms with E-state index in [2.05, 4.69) is 4.98 Å². The number of pyridine rings is 1. The first-order valence-corrected chi connectivity index (χ1v) is 6.20. The number of aromatic nitrogens is 1. The van der Waals surface area contributed by atoms with Crippen LogP contribution in [0.25, 0.3) is 10.8 Å². The topological polar surface area (TPSA) is 33.2 Å². The molecule has 0 bridgehead atoms. The largest absolute Gasteiger partial charge is 0.339 e. The van der Waals surface area contributed by atoms with Crippen LogP contribution in [-0.4, -0.2) is 28.9 Å². The summed E-state index contributed by atoms with van der Waals surface area (Å²) in [5.41, 5.74) is 0.589. The number of carbonyl (C=O) groups excluding carboxylic acids is 1. The third kappa shape index (κ3) is 2.18. The maximum absolute atomic E-state index is 12.4. The van der Waals surface area contributed by atoms with E-state index in [0.29, 0.717) is 10.7 Å². The van der Waals surface area contributed by atoms with E-state index in [9.17, 15) is 4.79 Å². The van der Waals surface area contributed by atoms with Crippen LogP contribution in [0.5, 0.6) is 0 Å². The number of nitrogens with zero attached hydrogens (tertiary/aromatic N) is 2. The molecule has 1 amide bonds. The van der Waals surface area contributed by atoms with Crippen molar-refractivity contribution in [2.75, 3.05) is 7.05 Å². The van der Waals surface area contributed by atoms with Crippen molar-refractivity contribution in [1.29, 1.82) is 0 Å². The van der Waals surface area contributed by atoms with Crippen molar-refractivity contribution in [2.45, 2.75) is 19.9 Å². The van der Waals surface area contributed by atoms with Gasteiger partial charge in [0.1, 0.15) is 5.15 Å². The average Bonchev–Trinajstić information content (AvgIpc) is 2.38. The molecule has 4 heteroatoms. The average molecular weight is 263 g/mol. The van der Waals surface area contributed by atoms with Gasteiger partial charge in [-0.05, 0) is 19.2 Å². The number of amides is 1. The molecule has 0 aliphatic heterocycles. The molecule has 1 aromatic carbocycles. The zero-order valence-electron chi connectivity index (χ0n) is 10.6. The van der Waals surface area contributed by atoms with Crippen LogP contribution in [0.15, 0.2) is 30.5 Å². The van der Waals surface area contributed by atoms with E-state index in [4.69, 9.17) is 11.6 Å². The summed E-state index contributed by atoms with van der Waals surface area (Å²) in [7, 11) is 1.79. The van der Waals surface area contributed by atoms with Crippen LogP contribution in [0.3, 0.4) is 0 Å². The Labute approximate surface area is 111 Å². The van der Waals surface area contributed by atoms with Crippen molar-refractivity contribution >= 4 is 28.3 Å². The Hall–Kier alpha value is -1.61. The molecule has 0 fully saturated rings. The molecule has 0 saturated carbocycles. The van der Waals surface area contributed by atoms with E-state index in [-0.39, 0.29) is 11.9 Å². The van der Waals surface area contributed by atoms with Crippen molar-refractivity contribution in [1.82, 2.24) is 9.88 Å². The molecule has 0 spiro atoms. The third-order valence-corrected chi connectivity index (χ3v) is 3.37. The lowest BCUT2D eigenvalue weighted by atomic mass is 10.1. The zero-order chi connectivity index (χ0) is 13.3. The number of hydrogen-bond donors (Lipinski definition) is 0. The van der Waals surface area contributed by atoms with Crippen LogP contribution in [0, 0.1) is 0 Å². The molecule has 0 aliphatic rings. The van der Waals surface area contributed by atoms with Gasteiger partial charge in [-0.15, -0.1) is 0 Å². The zero-order valence-corrected chi connectivity index (χ0v) is 11.4. The molecule has 18 heavy (non-hydrogen) atoms. The molecule has 94 valence electrons. The maximum Gasteiger partial charge on any atom is 0.256 e. The summed E-state index contributed by atoms with van der Waals surface area (Å²) < 4.78 is 0. The molecule has 2 aromatic rings. The van der Waals surface area contributed by atoms with Crippen molar-refractivity contribution < 1.29 is 4.79 Å². The van der Waals surface area contributed by atoms with Crippen LogP contribution >= 0.6 is 11.6 Å². The normalized spacial score (nSPS) is 10.9. The quantitative estimate of drug-likeness (QED) is 0.778. The summed E-state index contributed by atoms with van der Waals surface area (Å²) in [5, 5.41) is 2.08. The Morgan fingerprint density at radius 2 is 1.89 bits per heavy atom. The van der Waals surface area contributed by atoms with E-state index >= 15 is 0 Å². The predicted molar refractivity (Wildman–Crippen MR) is 74.0 cm³/mol. The fraction of sp³-hybridized carbons (Fsp3) is 0.286. The van der Waals surface area contributed by atoms with Gasteiger partial charge in [0.25, 0.3) is 5.91 Å². The Morgan fingerprint density at radius 3 is 2.50 bits per heavy atom. The summed E-state index contributed by atoms with van der Waals surface area (Å²) in [4.78, 5) is 18.1. The molecule has 1 heterocycles. The van der Waals surface area contributed by atoms with E-state index in [0.717, 1.165) is 10.8 Å². The fourth-order valence-corrected chi connectivity index (χ4v) is 1.97. The van der Waals surface area contributed by atoms with Crippen molar-refractivity contribution in [3.63, 3.8) is 0 Å². The van der Waals surface area contributed by atoms with Gasteiger partial charge in [0.15, 0.2) is 0 Å². The highest BCUT2D eigenvalue weighted by Gasteiger charge is 2.18. The highest BCUT2D eigenvalue weighted by Crippen LogP contribution is 2.25. The molecule has 0 radical (unpaired) electrons. The van der Waals surface area contributed by atoms with Gasteiger partial charge in [-0.1, -0.05) is 35.9 Å². The molecule has 3 nitrogen and oxygen atoms in total. The second-order valence-corrected chi connectivity index (χ2v) is 4.88. The van der Waals surface area contributed by atoms with Crippen molar-refractivity contribution in [3.05, 3.63) is 41.2 Å². The number of benzene rings is 1. The molecular weight excluding hydrogens is 248 g/mol. The smallest absolute Gasteiger partial charge is 0.256 e. The monoisotopic (exact) mass is 262 g/mol. The summed E-state index contributed by atoms with van der Waals surface area (Å²) in [5.74, 6) is -0.0367. The summed E-state index contributed by atoms with van der Waals surface area (Å²) in [6.45, 7) is 3.95. The predicted octanol–water partition coefficient (Wildman–Crippen LogP) is 3.37. The number of rotatable bonds is 2. The van der Waals surface area contributed by atoms with Gasteiger partial charge < -0.3 is 4.90 Å². The van der Waals surface area contributed by atoms with E-state index in [1.807, 2.05) is 38.1 Å². The first kappa shape index (κ1) is 12.8. The van der Waals surface area contributed by atoms with Crippen LogP contribution in [-0.2, 0) is 0 Å². The van der Waals surface area contributed by atoms with Crippen LogP contribution in [0.1, 0.15) is 24.2 Å². The maximum atomic E-state index is 12.4. The second-order valence-electron chi connectivity index (χ2n) is 4.52. The molecular formula is C14H15ClN2O. The minimum absolute atomic E-state index is 0.0367. The third-order valence-electron chi connectivity index (χ3n) is 3.07. The van der Waals surface area contributed by atoms with Crippen molar-refractivity contribution in [2.24, 2.45) is 0 Å². The lowest BCUT2D eigenvalue weighted by Crippen LogP contribution is -2.33. The molecule has 0 N–H and O–H groups in total. The number of halogens is 1. The van der Waals surface area contributed by atoms with Crippen LogP contribution in [0.2, 0.25) is 5.15 Å². The van der Waals surface area contributed by atoms with Gasteiger partial charge in [0.05, 0.1) is 5.56 Å². The van der Waals surface area contributed by atoms with E-state index in [1.165, 1.54) is 0 Å². The van der Waals surface area contributed by atoms with Crippen LogP contribution in [0.4, 0.5) is 0 Å². The molecule has 2 rings (SSSR count). The molecule has 0 unspecified atom stereocenters. The van der Waals surface area contributed by atoms with E-state index < -0.39 is 0 Å². The van der Waals surface area contributed by atoms with Crippen molar-refractivity contribution in [3.8, 4) is 0 Å². The van der Waals surface area contributed by atoms with Gasteiger partial charge in [0.2, 0.25) is 0 Å². The van der Waals surface area contributed by atoms with Gasteiger partial charge >= 0.3 is 0 Å². The molecule has 1 aromatic heterocycles. The first-order valence-electron chi connectivity index (χ1n) is 5.82. The first-order chi connectivity index (χ1) is 8.52. The Balaban J connectivity index is 2.59. The number of carbonyl (C=O) groups is 1.